The first kappa shape index (κ1) is 22.3. The molecule has 182 valence electrons. The third-order valence-corrected chi connectivity index (χ3v) is 7.45. The SMILES string of the molecule is CC(C)(C)OC(=O)N1CCC(n2c(CN3C(=O)C4(CC4)c4ccncc43)nc3cc(Cl)ccc32)C1. The zero-order valence-electron chi connectivity index (χ0n) is 20.1. The summed E-state index contributed by atoms with van der Waals surface area (Å²) in [4.78, 5) is 39.0. The summed E-state index contributed by atoms with van der Waals surface area (Å²) in [6.07, 6.45) is 5.76. The fourth-order valence-corrected chi connectivity index (χ4v) is 5.65. The third kappa shape index (κ3) is 3.66. The Kier molecular flexibility index (Phi) is 4.90. The van der Waals surface area contributed by atoms with Gasteiger partial charge in [-0.3, -0.25) is 9.78 Å². The minimum Gasteiger partial charge on any atom is -0.444 e. The van der Waals surface area contributed by atoms with E-state index in [0.717, 1.165) is 47.4 Å². The van der Waals surface area contributed by atoms with Gasteiger partial charge in [0.2, 0.25) is 5.91 Å². The molecule has 2 fully saturated rings. The summed E-state index contributed by atoms with van der Waals surface area (Å²) in [6, 6.07) is 7.66. The van der Waals surface area contributed by atoms with E-state index < -0.39 is 5.60 Å². The quantitative estimate of drug-likeness (QED) is 0.521. The third-order valence-electron chi connectivity index (χ3n) is 7.22. The first-order chi connectivity index (χ1) is 16.7. The number of hydrogen-bond donors (Lipinski definition) is 0. The van der Waals surface area contributed by atoms with Crippen LogP contribution in [0.5, 0.6) is 0 Å². The Hall–Kier alpha value is -3.13. The molecule has 8 nitrogen and oxygen atoms in total. The molecule has 0 radical (unpaired) electrons. The highest BCUT2D eigenvalue weighted by Gasteiger charge is 2.59. The fraction of sp³-hybridized carbons (Fsp3) is 0.462. The standard InChI is InChI=1S/C26H28ClN5O3/c1-25(2,3)35-24(34)30-11-7-17(14-30)32-20-5-4-16(27)12-19(20)29-22(32)15-31-21-13-28-10-6-18(21)26(8-9-26)23(31)33/h4-6,10,12-13,17H,7-9,11,14-15H2,1-3H3. The molecule has 0 bridgehead atoms. The van der Waals surface area contributed by atoms with E-state index in [1.165, 1.54) is 0 Å². The van der Waals surface area contributed by atoms with E-state index >= 15 is 0 Å². The topological polar surface area (TPSA) is 80.6 Å². The monoisotopic (exact) mass is 493 g/mol. The smallest absolute Gasteiger partial charge is 0.410 e. The lowest BCUT2D eigenvalue weighted by molar-refractivity contribution is -0.120. The maximum Gasteiger partial charge on any atom is 0.410 e. The maximum atomic E-state index is 13.5. The first-order valence-corrected chi connectivity index (χ1v) is 12.4. The molecule has 2 aliphatic heterocycles. The van der Waals surface area contributed by atoms with E-state index in [4.69, 9.17) is 21.3 Å². The van der Waals surface area contributed by atoms with Gasteiger partial charge < -0.3 is 19.1 Å². The lowest BCUT2D eigenvalue weighted by Gasteiger charge is -2.25. The number of anilines is 1. The molecule has 1 aliphatic carbocycles. The predicted octanol–water partition coefficient (Wildman–Crippen LogP) is 4.85. The lowest BCUT2D eigenvalue weighted by atomic mass is 9.99. The van der Waals surface area contributed by atoms with Crippen LogP contribution in [-0.2, 0) is 21.5 Å². The minimum atomic E-state index is -0.547. The summed E-state index contributed by atoms with van der Waals surface area (Å²) in [5, 5.41) is 0.610. The van der Waals surface area contributed by atoms with E-state index in [1.54, 1.807) is 17.3 Å². The van der Waals surface area contributed by atoms with E-state index in [2.05, 4.69) is 9.55 Å². The number of carbonyl (C=O) groups excluding carboxylic acids is 2. The van der Waals surface area contributed by atoms with Crippen molar-refractivity contribution in [2.75, 3.05) is 18.0 Å². The van der Waals surface area contributed by atoms with Crippen LogP contribution in [0.1, 0.15) is 57.5 Å². The van der Waals surface area contributed by atoms with Crippen LogP contribution in [0.2, 0.25) is 5.02 Å². The van der Waals surface area contributed by atoms with Crippen LogP contribution >= 0.6 is 11.6 Å². The van der Waals surface area contributed by atoms with Gasteiger partial charge in [-0.2, -0.15) is 0 Å². The Morgan fingerprint density at radius 2 is 2.06 bits per heavy atom. The molecule has 1 saturated heterocycles. The second-order valence-corrected chi connectivity index (χ2v) is 11.2. The van der Waals surface area contributed by atoms with Crippen LogP contribution in [0.25, 0.3) is 11.0 Å². The molecule has 1 saturated carbocycles. The first-order valence-electron chi connectivity index (χ1n) is 12.1. The Morgan fingerprint density at radius 3 is 2.80 bits per heavy atom. The van der Waals surface area contributed by atoms with Gasteiger partial charge in [0, 0.05) is 24.3 Å². The van der Waals surface area contributed by atoms with Crippen molar-refractivity contribution >= 4 is 40.3 Å². The normalized spacial score (nSPS) is 20.7. The molecule has 1 atom stereocenters. The maximum absolute atomic E-state index is 13.5. The predicted molar refractivity (Wildman–Crippen MR) is 133 cm³/mol. The Balaban J connectivity index is 1.35. The molecule has 4 heterocycles. The van der Waals surface area contributed by atoms with E-state index in [0.29, 0.717) is 24.7 Å². The Morgan fingerprint density at radius 1 is 1.26 bits per heavy atom. The van der Waals surface area contributed by atoms with Gasteiger partial charge in [0.1, 0.15) is 11.4 Å². The van der Waals surface area contributed by atoms with Crippen LogP contribution < -0.4 is 4.90 Å². The molecule has 0 N–H and O–H groups in total. The summed E-state index contributed by atoms with van der Waals surface area (Å²) >= 11 is 6.28. The van der Waals surface area contributed by atoms with Gasteiger partial charge in [0.05, 0.1) is 40.9 Å². The number of amides is 2. The highest BCUT2D eigenvalue weighted by atomic mass is 35.5. The highest BCUT2D eigenvalue weighted by Crippen LogP contribution is 2.57. The number of fused-ring (bicyclic) bond motifs is 3. The summed E-state index contributed by atoms with van der Waals surface area (Å²) < 4.78 is 7.77. The number of ether oxygens (including phenoxy) is 1. The Labute approximate surface area is 208 Å². The van der Waals surface area contributed by atoms with Crippen molar-refractivity contribution in [2.45, 2.75) is 63.6 Å². The van der Waals surface area contributed by atoms with Gasteiger partial charge in [-0.1, -0.05) is 11.6 Å². The number of imidazole rings is 1. The number of benzene rings is 1. The van der Waals surface area contributed by atoms with Gasteiger partial charge in [0.15, 0.2) is 0 Å². The number of carbonyl (C=O) groups is 2. The van der Waals surface area contributed by atoms with Crippen molar-refractivity contribution in [1.82, 2.24) is 19.4 Å². The number of aromatic nitrogens is 3. The summed E-state index contributed by atoms with van der Waals surface area (Å²) in [6.45, 7) is 7.08. The Bertz CT molecular complexity index is 1360. The number of nitrogens with zero attached hydrogens (tertiary/aromatic N) is 5. The van der Waals surface area contributed by atoms with Crippen molar-refractivity contribution in [3.8, 4) is 0 Å². The van der Waals surface area contributed by atoms with E-state index in [-0.39, 0.29) is 23.5 Å². The second-order valence-electron chi connectivity index (χ2n) is 10.8. The zero-order chi connectivity index (χ0) is 24.5. The lowest BCUT2D eigenvalue weighted by Crippen LogP contribution is -2.36. The number of hydrogen-bond acceptors (Lipinski definition) is 5. The van der Waals surface area contributed by atoms with Crippen LogP contribution in [0, 0.1) is 0 Å². The average molecular weight is 494 g/mol. The minimum absolute atomic E-state index is 0.0182. The molecule has 2 aromatic heterocycles. The molecule has 6 rings (SSSR count). The molecular weight excluding hydrogens is 466 g/mol. The van der Waals surface area contributed by atoms with Crippen molar-refractivity contribution in [3.63, 3.8) is 0 Å². The molecule has 35 heavy (non-hydrogen) atoms. The van der Waals surface area contributed by atoms with E-state index in [1.807, 2.05) is 49.9 Å². The number of likely N-dealkylation sites (tertiary alicyclic amines) is 1. The van der Waals surface area contributed by atoms with Crippen molar-refractivity contribution in [3.05, 3.63) is 53.1 Å². The molecule has 3 aromatic rings. The molecule has 1 unspecified atom stereocenters. The average Bonchev–Trinajstić information content (AvgIpc) is 3.23. The van der Waals surface area contributed by atoms with Crippen LogP contribution in [0.15, 0.2) is 36.7 Å². The molecule has 1 aromatic carbocycles. The summed E-state index contributed by atoms with van der Waals surface area (Å²) in [5.74, 6) is 0.901. The number of pyridine rings is 1. The molecular formula is C26H28ClN5O3. The van der Waals surface area contributed by atoms with Gasteiger partial charge in [-0.25, -0.2) is 9.78 Å². The molecule has 3 aliphatic rings. The fourth-order valence-electron chi connectivity index (χ4n) is 5.48. The molecule has 1 spiro atoms. The zero-order valence-corrected chi connectivity index (χ0v) is 20.9. The molecule has 2 amide bonds. The summed E-state index contributed by atoms with van der Waals surface area (Å²) in [5.41, 5.74) is 2.73. The molecule has 9 heteroatoms. The van der Waals surface area contributed by atoms with E-state index in [9.17, 15) is 9.59 Å². The van der Waals surface area contributed by atoms with Gasteiger partial charge in [-0.05, 0) is 69.9 Å². The summed E-state index contributed by atoms with van der Waals surface area (Å²) in [7, 11) is 0. The number of halogens is 1. The van der Waals surface area contributed by atoms with Crippen molar-refractivity contribution in [1.29, 1.82) is 0 Å². The van der Waals surface area contributed by atoms with Gasteiger partial charge in [-0.15, -0.1) is 0 Å². The van der Waals surface area contributed by atoms with Crippen LogP contribution in [0.4, 0.5) is 10.5 Å². The van der Waals surface area contributed by atoms with Crippen molar-refractivity contribution < 1.29 is 14.3 Å². The van der Waals surface area contributed by atoms with Crippen LogP contribution in [-0.4, -0.2) is 50.1 Å². The number of rotatable bonds is 3. The largest absolute Gasteiger partial charge is 0.444 e. The highest BCUT2D eigenvalue weighted by molar-refractivity contribution is 6.31. The van der Waals surface area contributed by atoms with Gasteiger partial charge in [0.25, 0.3) is 0 Å². The van der Waals surface area contributed by atoms with Crippen LogP contribution in [0.3, 0.4) is 0 Å². The van der Waals surface area contributed by atoms with Crippen molar-refractivity contribution in [2.24, 2.45) is 0 Å². The second kappa shape index (κ2) is 7.68. The van der Waals surface area contributed by atoms with Gasteiger partial charge >= 0.3 is 6.09 Å².